The minimum absolute atomic E-state index is 0.0437. The van der Waals surface area contributed by atoms with E-state index in [1.54, 1.807) is 6.07 Å². The number of nitrogens with zero attached hydrogens (tertiary/aromatic N) is 1. The molecule has 1 unspecified atom stereocenters. The SMILES string of the molecule is Cc1ccc2c(CN3CCOC(c4ccc(Br)cc4)C3)cc(=O)oc2c1C. The molecular weight excluding hydrogens is 406 g/mol. The third-order valence-electron chi connectivity index (χ3n) is 5.30. The summed E-state index contributed by atoms with van der Waals surface area (Å²) in [5.74, 6) is 0. The van der Waals surface area contributed by atoms with Crippen molar-refractivity contribution in [3.8, 4) is 0 Å². The molecule has 0 N–H and O–H groups in total. The maximum absolute atomic E-state index is 12.1. The summed E-state index contributed by atoms with van der Waals surface area (Å²) in [4.78, 5) is 14.5. The van der Waals surface area contributed by atoms with Crippen LogP contribution >= 0.6 is 15.9 Å². The highest BCUT2D eigenvalue weighted by atomic mass is 79.9. The van der Waals surface area contributed by atoms with E-state index in [1.165, 1.54) is 5.56 Å². The zero-order valence-corrected chi connectivity index (χ0v) is 17.1. The van der Waals surface area contributed by atoms with Crippen LogP contribution in [0, 0.1) is 13.8 Å². The second-order valence-corrected chi connectivity index (χ2v) is 8.04. The quantitative estimate of drug-likeness (QED) is 0.565. The first kappa shape index (κ1) is 18.4. The maximum Gasteiger partial charge on any atom is 0.336 e. The number of aryl methyl sites for hydroxylation is 2. The van der Waals surface area contributed by atoms with E-state index in [0.29, 0.717) is 18.7 Å². The predicted molar refractivity (Wildman–Crippen MR) is 110 cm³/mol. The van der Waals surface area contributed by atoms with E-state index < -0.39 is 0 Å². The zero-order chi connectivity index (χ0) is 19.0. The summed E-state index contributed by atoms with van der Waals surface area (Å²) in [5, 5.41) is 1.02. The molecule has 1 atom stereocenters. The van der Waals surface area contributed by atoms with Crippen molar-refractivity contribution >= 4 is 26.9 Å². The lowest BCUT2D eigenvalue weighted by Crippen LogP contribution is -2.38. The number of fused-ring (bicyclic) bond motifs is 1. The van der Waals surface area contributed by atoms with Crippen LogP contribution < -0.4 is 5.63 Å². The highest BCUT2D eigenvalue weighted by Crippen LogP contribution is 2.27. The van der Waals surface area contributed by atoms with Crippen molar-refractivity contribution in [3.05, 3.63) is 79.6 Å². The van der Waals surface area contributed by atoms with Gasteiger partial charge in [0, 0.05) is 35.6 Å². The molecule has 3 aromatic rings. The topological polar surface area (TPSA) is 42.7 Å². The largest absolute Gasteiger partial charge is 0.422 e. The molecule has 140 valence electrons. The molecule has 27 heavy (non-hydrogen) atoms. The summed E-state index contributed by atoms with van der Waals surface area (Å²) < 4.78 is 12.5. The molecule has 1 aromatic heterocycles. The van der Waals surface area contributed by atoms with Crippen molar-refractivity contribution in [2.75, 3.05) is 19.7 Å². The van der Waals surface area contributed by atoms with Crippen molar-refractivity contribution < 1.29 is 9.15 Å². The van der Waals surface area contributed by atoms with Crippen LogP contribution in [0.4, 0.5) is 0 Å². The van der Waals surface area contributed by atoms with E-state index in [2.05, 4.69) is 45.1 Å². The van der Waals surface area contributed by atoms with Gasteiger partial charge >= 0.3 is 5.63 Å². The van der Waals surface area contributed by atoms with Crippen LogP contribution in [-0.4, -0.2) is 24.6 Å². The van der Waals surface area contributed by atoms with Gasteiger partial charge in [-0.25, -0.2) is 4.79 Å². The average Bonchev–Trinajstić information content (AvgIpc) is 2.66. The number of morpholine rings is 1. The van der Waals surface area contributed by atoms with Gasteiger partial charge in [-0.05, 0) is 48.2 Å². The van der Waals surface area contributed by atoms with Gasteiger partial charge in [0.05, 0.1) is 12.7 Å². The summed E-state index contributed by atoms with van der Waals surface area (Å²) in [6.07, 6.45) is 0.0437. The van der Waals surface area contributed by atoms with Gasteiger partial charge in [0.25, 0.3) is 0 Å². The Morgan fingerprint density at radius 3 is 2.70 bits per heavy atom. The molecule has 1 saturated heterocycles. The third kappa shape index (κ3) is 3.86. The van der Waals surface area contributed by atoms with Crippen molar-refractivity contribution in [2.45, 2.75) is 26.5 Å². The van der Waals surface area contributed by atoms with Crippen molar-refractivity contribution in [2.24, 2.45) is 0 Å². The summed E-state index contributed by atoms with van der Waals surface area (Å²) in [5.41, 5.74) is 4.76. The number of benzene rings is 2. The molecule has 0 saturated carbocycles. The lowest BCUT2D eigenvalue weighted by Gasteiger charge is -2.33. The Morgan fingerprint density at radius 1 is 1.15 bits per heavy atom. The molecule has 1 aliphatic rings. The molecule has 4 nitrogen and oxygen atoms in total. The standard InChI is InChI=1S/C22H22BrNO3/c1-14-3-8-19-17(11-21(25)27-22(19)15(14)2)12-24-9-10-26-20(13-24)16-4-6-18(23)7-5-16/h3-8,11,20H,9-10,12-13H2,1-2H3. The lowest BCUT2D eigenvalue weighted by atomic mass is 10.0. The minimum Gasteiger partial charge on any atom is -0.422 e. The molecule has 0 spiro atoms. The van der Waals surface area contributed by atoms with Gasteiger partial charge in [0.15, 0.2) is 0 Å². The van der Waals surface area contributed by atoms with E-state index in [4.69, 9.17) is 9.15 Å². The smallest absolute Gasteiger partial charge is 0.336 e. The normalized spacial score (nSPS) is 18.1. The predicted octanol–water partition coefficient (Wildman–Crippen LogP) is 4.75. The fourth-order valence-corrected chi connectivity index (χ4v) is 3.89. The molecule has 1 fully saturated rings. The minimum atomic E-state index is -0.288. The molecule has 2 heterocycles. The first-order valence-electron chi connectivity index (χ1n) is 9.13. The van der Waals surface area contributed by atoms with Crippen LogP contribution in [0.5, 0.6) is 0 Å². The number of ether oxygens (including phenoxy) is 1. The molecule has 1 aliphatic heterocycles. The van der Waals surface area contributed by atoms with Gasteiger partial charge in [-0.1, -0.05) is 40.2 Å². The lowest BCUT2D eigenvalue weighted by molar-refractivity contribution is -0.0328. The van der Waals surface area contributed by atoms with E-state index in [9.17, 15) is 4.79 Å². The fraction of sp³-hybridized carbons (Fsp3) is 0.318. The van der Waals surface area contributed by atoms with Gasteiger partial charge in [0.2, 0.25) is 0 Å². The summed E-state index contributed by atoms with van der Waals surface area (Å²) in [7, 11) is 0. The first-order valence-corrected chi connectivity index (χ1v) is 9.93. The number of hydrogen-bond donors (Lipinski definition) is 0. The van der Waals surface area contributed by atoms with E-state index in [-0.39, 0.29) is 11.7 Å². The van der Waals surface area contributed by atoms with Crippen molar-refractivity contribution in [3.63, 3.8) is 0 Å². The highest BCUT2D eigenvalue weighted by Gasteiger charge is 2.23. The fourth-order valence-electron chi connectivity index (χ4n) is 3.62. The Kier molecular flexibility index (Phi) is 5.17. The maximum atomic E-state index is 12.1. The molecule has 0 radical (unpaired) electrons. The number of hydrogen-bond acceptors (Lipinski definition) is 4. The second-order valence-electron chi connectivity index (χ2n) is 7.12. The third-order valence-corrected chi connectivity index (χ3v) is 5.83. The van der Waals surface area contributed by atoms with Crippen molar-refractivity contribution in [1.82, 2.24) is 4.90 Å². The Morgan fingerprint density at radius 2 is 1.93 bits per heavy atom. The van der Waals surface area contributed by atoms with Gasteiger partial charge in [-0.3, -0.25) is 4.90 Å². The van der Waals surface area contributed by atoms with E-state index in [1.807, 2.05) is 26.0 Å². The Balaban J connectivity index is 1.61. The molecule has 0 amide bonds. The van der Waals surface area contributed by atoms with Crippen LogP contribution in [0.1, 0.15) is 28.4 Å². The molecule has 2 aromatic carbocycles. The second kappa shape index (κ2) is 7.58. The molecule has 0 bridgehead atoms. The Labute approximate surface area is 166 Å². The number of halogens is 1. The first-order chi connectivity index (χ1) is 13.0. The van der Waals surface area contributed by atoms with Crippen LogP contribution in [0.25, 0.3) is 11.0 Å². The van der Waals surface area contributed by atoms with Crippen LogP contribution in [-0.2, 0) is 11.3 Å². The van der Waals surface area contributed by atoms with Crippen molar-refractivity contribution in [1.29, 1.82) is 0 Å². The number of rotatable bonds is 3. The molecule has 5 heteroatoms. The monoisotopic (exact) mass is 427 g/mol. The van der Waals surface area contributed by atoms with E-state index >= 15 is 0 Å². The van der Waals surface area contributed by atoms with Gasteiger partial charge in [-0.15, -0.1) is 0 Å². The zero-order valence-electron chi connectivity index (χ0n) is 15.5. The van der Waals surface area contributed by atoms with Crippen LogP contribution in [0.15, 0.2) is 56.1 Å². The van der Waals surface area contributed by atoms with Gasteiger partial charge in [0.1, 0.15) is 5.58 Å². The Bertz CT molecular complexity index is 1030. The molecule has 0 aliphatic carbocycles. The molecule has 4 rings (SSSR count). The van der Waals surface area contributed by atoms with Gasteiger partial charge in [-0.2, -0.15) is 0 Å². The molecular formula is C22H22BrNO3. The Hall–Kier alpha value is -1.95. The van der Waals surface area contributed by atoms with Gasteiger partial charge < -0.3 is 9.15 Å². The summed E-state index contributed by atoms with van der Waals surface area (Å²) in [6, 6.07) is 14.0. The van der Waals surface area contributed by atoms with E-state index in [0.717, 1.165) is 39.6 Å². The average molecular weight is 428 g/mol. The van der Waals surface area contributed by atoms with Crippen LogP contribution in [0.2, 0.25) is 0 Å². The highest BCUT2D eigenvalue weighted by molar-refractivity contribution is 9.10. The summed E-state index contributed by atoms with van der Waals surface area (Å²) >= 11 is 3.48. The summed E-state index contributed by atoms with van der Waals surface area (Å²) in [6.45, 7) is 7.07. The van der Waals surface area contributed by atoms with Crippen LogP contribution in [0.3, 0.4) is 0 Å².